The Morgan fingerprint density at radius 1 is 1.15 bits per heavy atom. The minimum atomic E-state index is -0.364. The first-order valence-corrected chi connectivity index (χ1v) is 6.18. The van der Waals surface area contributed by atoms with Gasteiger partial charge in [-0.25, -0.2) is 0 Å². The molecule has 104 valence electrons. The van der Waals surface area contributed by atoms with Gasteiger partial charge in [0.2, 0.25) is 5.91 Å². The number of hydrogen-bond acceptors (Lipinski definition) is 3. The topological polar surface area (TPSA) is 100 Å². The molecule has 1 heterocycles. The summed E-state index contributed by atoms with van der Waals surface area (Å²) in [5, 5.41) is 5.23. The van der Waals surface area contributed by atoms with Gasteiger partial charge < -0.3 is 21.4 Å². The van der Waals surface area contributed by atoms with Crippen molar-refractivity contribution in [2.45, 2.75) is 6.54 Å². The summed E-state index contributed by atoms with van der Waals surface area (Å²) in [6.45, 7) is 0.357. The van der Waals surface area contributed by atoms with Gasteiger partial charge in [-0.05, 0) is 11.6 Å². The van der Waals surface area contributed by atoms with Crippen LogP contribution in [-0.4, -0.2) is 23.3 Å². The fourth-order valence-corrected chi connectivity index (χ4v) is 1.66. The molecule has 1 aromatic heterocycles. The number of anilines is 1. The first kappa shape index (κ1) is 13.7. The Kier molecular flexibility index (Phi) is 4.39. The fraction of sp³-hybridized carbons (Fsp3) is 0.143. The largest absolute Gasteiger partial charge is 0.397 e. The zero-order chi connectivity index (χ0) is 14.4. The summed E-state index contributed by atoms with van der Waals surface area (Å²) in [5.41, 5.74) is 7.31. The molecule has 20 heavy (non-hydrogen) atoms. The molecule has 0 bridgehead atoms. The van der Waals surface area contributed by atoms with Crippen LogP contribution in [-0.2, 0) is 11.3 Å². The molecular weight excluding hydrogens is 256 g/mol. The van der Waals surface area contributed by atoms with Crippen LogP contribution in [0.4, 0.5) is 5.69 Å². The molecule has 0 aliphatic heterocycles. The highest BCUT2D eigenvalue weighted by Crippen LogP contribution is 2.03. The van der Waals surface area contributed by atoms with E-state index >= 15 is 0 Å². The highest BCUT2D eigenvalue weighted by Gasteiger charge is 2.09. The third-order valence-corrected chi connectivity index (χ3v) is 2.69. The summed E-state index contributed by atoms with van der Waals surface area (Å²) in [4.78, 5) is 26.0. The van der Waals surface area contributed by atoms with Crippen LogP contribution < -0.4 is 16.4 Å². The van der Waals surface area contributed by atoms with E-state index in [0.717, 1.165) is 5.56 Å². The van der Waals surface area contributed by atoms with E-state index in [1.54, 1.807) is 0 Å². The second-order valence-electron chi connectivity index (χ2n) is 4.29. The highest BCUT2D eigenvalue weighted by molar-refractivity contribution is 5.95. The highest BCUT2D eigenvalue weighted by atomic mass is 16.2. The van der Waals surface area contributed by atoms with Crippen LogP contribution in [0.25, 0.3) is 0 Å². The van der Waals surface area contributed by atoms with Gasteiger partial charge in [-0.15, -0.1) is 0 Å². The van der Waals surface area contributed by atoms with Crippen molar-refractivity contribution in [2.24, 2.45) is 0 Å². The van der Waals surface area contributed by atoms with Gasteiger partial charge in [0, 0.05) is 18.4 Å². The molecule has 0 saturated carbocycles. The maximum Gasteiger partial charge on any atom is 0.268 e. The molecule has 1 aromatic carbocycles. The summed E-state index contributed by atoms with van der Waals surface area (Å²) in [7, 11) is 0. The summed E-state index contributed by atoms with van der Waals surface area (Å²) in [6.07, 6.45) is 1.52. The Balaban J connectivity index is 1.74. The van der Waals surface area contributed by atoms with Gasteiger partial charge >= 0.3 is 0 Å². The number of rotatable bonds is 5. The molecule has 0 radical (unpaired) electrons. The summed E-state index contributed by atoms with van der Waals surface area (Å²) in [5.74, 6) is -0.613. The molecule has 6 heteroatoms. The number of carbonyl (C=O) groups excluding carboxylic acids is 2. The van der Waals surface area contributed by atoms with Gasteiger partial charge in [-0.1, -0.05) is 30.3 Å². The van der Waals surface area contributed by atoms with Crippen molar-refractivity contribution >= 4 is 17.5 Å². The number of hydrogen-bond donors (Lipinski definition) is 4. The van der Waals surface area contributed by atoms with Gasteiger partial charge in [0.1, 0.15) is 5.69 Å². The summed E-state index contributed by atoms with van der Waals surface area (Å²) in [6, 6.07) is 11.1. The van der Waals surface area contributed by atoms with Crippen LogP contribution in [0.15, 0.2) is 42.6 Å². The van der Waals surface area contributed by atoms with Crippen molar-refractivity contribution in [3.05, 3.63) is 53.9 Å². The predicted octanol–water partition coefficient (Wildman–Crippen LogP) is 0.643. The first-order valence-electron chi connectivity index (χ1n) is 6.18. The molecule has 0 aliphatic rings. The lowest BCUT2D eigenvalue weighted by molar-refractivity contribution is -0.120. The molecule has 0 fully saturated rings. The number of amides is 2. The monoisotopic (exact) mass is 272 g/mol. The molecule has 0 aliphatic carbocycles. The van der Waals surface area contributed by atoms with E-state index in [1.807, 2.05) is 30.3 Å². The van der Waals surface area contributed by atoms with Crippen LogP contribution in [0.2, 0.25) is 0 Å². The van der Waals surface area contributed by atoms with Crippen molar-refractivity contribution in [3.63, 3.8) is 0 Å². The van der Waals surface area contributed by atoms with E-state index in [1.165, 1.54) is 12.3 Å². The number of nitrogens with one attached hydrogen (secondary N) is 3. The van der Waals surface area contributed by atoms with Crippen LogP contribution >= 0.6 is 0 Å². The number of carbonyl (C=O) groups is 2. The molecule has 0 spiro atoms. The third kappa shape index (κ3) is 3.88. The summed E-state index contributed by atoms with van der Waals surface area (Å²) >= 11 is 0. The lowest BCUT2D eigenvalue weighted by atomic mass is 10.2. The van der Waals surface area contributed by atoms with Gasteiger partial charge in [0.15, 0.2) is 0 Å². The lowest BCUT2D eigenvalue weighted by Gasteiger charge is -2.06. The Morgan fingerprint density at radius 2 is 1.90 bits per heavy atom. The predicted molar refractivity (Wildman–Crippen MR) is 75.8 cm³/mol. The zero-order valence-electron chi connectivity index (χ0n) is 10.8. The molecule has 0 saturated heterocycles. The van der Waals surface area contributed by atoms with Crippen molar-refractivity contribution in [1.29, 1.82) is 0 Å². The van der Waals surface area contributed by atoms with E-state index in [9.17, 15) is 9.59 Å². The molecule has 0 unspecified atom stereocenters. The number of nitrogen functional groups attached to an aromatic ring is 1. The van der Waals surface area contributed by atoms with Crippen LogP contribution in [0.5, 0.6) is 0 Å². The number of benzene rings is 1. The minimum Gasteiger partial charge on any atom is -0.397 e. The van der Waals surface area contributed by atoms with E-state index in [-0.39, 0.29) is 18.4 Å². The van der Waals surface area contributed by atoms with Crippen molar-refractivity contribution < 1.29 is 9.59 Å². The maximum absolute atomic E-state index is 11.7. The number of nitrogens with two attached hydrogens (primary N) is 1. The van der Waals surface area contributed by atoms with E-state index in [0.29, 0.717) is 17.9 Å². The third-order valence-electron chi connectivity index (χ3n) is 2.69. The van der Waals surface area contributed by atoms with Crippen molar-refractivity contribution in [1.82, 2.24) is 15.6 Å². The number of aromatic amines is 1. The molecule has 2 rings (SSSR count). The molecule has 6 nitrogen and oxygen atoms in total. The minimum absolute atomic E-state index is 0.0788. The number of aromatic nitrogens is 1. The molecular formula is C14H16N4O2. The van der Waals surface area contributed by atoms with Gasteiger partial charge in [-0.2, -0.15) is 0 Å². The van der Waals surface area contributed by atoms with E-state index in [4.69, 9.17) is 5.73 Å². The van der Waals surface area contributed by atoms with Gasteiger partial charge in [-0.3, -0.25) is 9.59 Å². The first-order chi connectivity index (χ1) is 9.65. The smallest absolute Gasteiger partial charge is 0.268 e. The van der Waals surface area contributed by atoms with Gasteiger partial charge in [0.25, 0.3) is 5.91 Å². The van der Waals surface area contributed by atoms with Crippen molar-refractivity contribution in [2.75, 3.05) is 12.3 Å². The lowest BCUT2D eigenvalue weighted by Crippen LogP contribution is -2.36. The quantitative estimate of drug-likeness (QED) is 0.642. The molecule has 2 aromatic rings. The second kappa shape index (κ2) is 6.42. The average molecular weight is 272 g/mol. The second-order valence-corrected chi connectivity index (χ2v) is 4.29. The Labute approximate surface area is 116 Å². The van der Waals surface area contributed by atoms with E-state index < -0.39 is 0 Å². The van der Waals surface area contributed by atoms with E-state index in [2.05, 4.69) is 15.6 Å². The Morgan fingerprint density at radius 3 is 2.55 bits per heavy atom. The van der Waals surface area contributed by atoms with Gasteiger partial charge in [0.05, 0.1) is 6.54 Å². The standard InChI is InChI=1S/C14H16N4O2/c15-11-6-12(16-8-11)14(20)18-9-13(19)17-7-10-4-2-1-3-5-10/h1-6,8,16H,7,9,15H2,(H,17,19)(H,18,20). The fourth-order valence-electron chi connectivity index (χ4n) is 1.66. The summed E-state index contributed by atoms with van der Waals surface area (Å²) < 4.78 is 0. The normalized spacial score (nSPS) is 10.0. The Bertz CT molecular complexity index is 592. The van der Waals surface area contributed by atoms with Crippen LogP contribution in [0.1, 0.15) is 16.1 Å². The Hall–Kier alpha value is -2.76. The van der Waals surface area contributed by atoms with Crippen LogP contribution in [0, 0.1) is 0 Å². The average Bonchev–Trinajstić information content (AvgIpc) is 2.90. The molecule has 2 amide bonds. The molecule has 5 N–H and O–H groups in total. The number of H-pyrrole nitrogens is 1. The van der Waals surface area contributed by atoms with Crippen molar-refractivity contribution in [3.8, 4) is 0 Å². The zero-order valence-corrected chi connectivity index (χ0v) is 10.8. The SMILES string of the molecule is Nc1c[nH]c(C(=O)NCC(=O)NCc2ccccc2)c1. The molecule has 0 atom stereocenters. The van der Waals surface area contributed by atoms with Crippen LogP contribution in [0.3, 0.4) is 0 Å². The maximum atomic E-state index is 11.7.